The molecule has 29 heavy (non-hydrogen) atoms. The normalized spacial score (nSPS) is 18.9. The van der Waals surface area contributed by atoms with Crippen molar-refractivity contribution >= 4 is 16.9 Å². The molecule has 4 rings (SSSR count). The third kappa shape index (κ3) is 4.79. The molecule has 0 saturated carbocycles. The topological polar surface area (TPSA) is 66.2 Å². The maximum Gasteiger partial charge on any atom is 0.336 e. The van der Waals surface area contributed by atoms with Crippen molar-refractivity contribution in [3.63, 3.8) is 0 Å². The number of carbonyl (C=O) groups excluding carboxylic acids is 1. The molecular weight excluding hydrogens is 370 g/mol. The lowest BCUT2D eigenvalue weighted by Crippen LogP contribution is -2.50. The molecule has 0 atom stereocenters. The van der Waals surface area contributed by atoms with Gasteiger partial charge in [-0.25, -0.2) is 4.79 Å². The molecule has 1 aromatic heterocycles. The third-order valence-electron chi connectivity index (χ3n) is 5.96. The summed E-state index contributed by atoms with van der Waals surface area (Å²) in [6.45, 7) is 6.53. The fourth-order valence-electron chi connectivity index (χ4n) is 4.25. The molecule has 7 nitrogen and oxygen atoms in total. The number of piperazine rings is 1. The summed E-state index contributed by atoms with van der Waals surface area (Å²) in [7, 11) is 1.60. The maximum atomic E-state index is 12.5. The molecule has 7 heteroatoms. The van der Waals surface area contributed by atoms with E-state index in [1.165, 1.54) is 6.42 Å². The number of piperidine rings is 1. The van der Waals surface area contributed by atoms with Crippen LogP contribution < -0.4 is 10.4 Å². The smallest absolute Gasteiger partial charge is 0.336 e. The predicted octanol–water partition coefficient (Wildman–Crippen LogP) is 1.93. The molecular formula is C22H29N3O4. The second kappa shape index (κ2) is 8.97. The first kappa shape index (κ1) is 19.9. The zero-order valence-corrected chi connectivity index (χ0v) is 17.1. The lowest BCUT2D eigenvalue weighted by molar-refractivity contribution is -0.133. The van der Waals surface area contributed by atoms with Crippen LogP contribution in [0.25, 0.3) is 11.0 Å². The molecule has 1 aromatic carbocycles. The van der Waals surface area contributed by atoms with Crippen LogP contribution in [0.4, 0.5) is 0 Å². The molecule has 3 heterocycles. The fraction of sp³-hybridized carbons (Fsp3) is 0.545. The average molecular weight is 399 g/mol. The number of fused-ring (bicyclic) bond motifs is 1. The summed E-state index contributed by atoms with van der Waals surface area (Å²) in [5.74, 6) is 0.934. The van der Waals surface area contributed by atoms with Crippen molar-refractivity contribution < 1.29 is 13.9 Å². The quantitative estimate of drug-likeness (QED) is 0.716. The Morgan fingerprint density at radius 1 is 1.00 bits per heavy atom. The molecule has 1 amide bonds. The Labute approximate surface area is 170 Å². The zero-order chi connectivity index (χ0) is 20.2. The molecule has 0 N–H and O–H groups in total. The average Bonchev–Trinajstić information content (AvgIpc) is 2.75. The molecule has 2 aliphatic rings. The Balaban J connectivity index is 1.36. The SMILES string of the molecule is COc1ccc2c(CN3CCN(CC(=O)N4CCCCC4)CC3)cc(=O)oc2c1. The molecule has 0 aliphatic carbocycles. The number of likely N-dealkylation sites (tertiary alicyclic amines) is 1. The van der Waals surface area contributed by atoms with E-state index in [2.05, 4.69) is 9.80 Å². The lowest BCUT2D eigenvalue weighted by atomic mass is 10.1. The van der Waals surface area contributed by atoms with Crippen LogP contribution in [-0.4, -0.2) is 73.5 Å². The summed E-state index contributed by atoms with van der Waals surface area (Å²) in [6.07, 6.45) is 3.50. The van der Waals surface area contributed by atoms with Gasteiger partial charge >= 0.3 is 5.63 Å². The van der Waals surface area contributed by atoms with Gasteiger partial charge in [-0.1, -0.05) is 0 Å². The predicted molar refractivity (Wildman–Crippen MR) is 111 cm³/mol. The highest BCUT2D eigenvalue weighted by atomic mass is 16.5. The largest absolute Gasteiger partial charge is 0.497 e. The second-order valence-electron chi connectivity index (χ2n) is 7.95. The molecule has 156 valence electrons. The van der Waals surface area contributed by atoms with Crippen molar-refractivity contribution in [3.8, 4) is 5.75 Å². The highest BCUT2D eigenvalue weighted by molar-refractivity contribution is 5.81. The van der Waals surface area contributed by atoms with Gasteiger partial charge in [-0.15, -0.1) is 0 Å². The van der Waals surface area contributed by atoms with E-state index in [4.69, 9.17) is 9.15 Å². The van der Waals surface area contributed by atoms with Crippen LogP contribution in [0.15, 0.2) is 33.5 Å². The molecule has 0 radical (unpaired) electrons. The van der Waals surface area contributed by atoms with E-state index in [1.807, 2.05) is 17.0 Å². The Bertz CT molecular complexity index is 912. The molecule has 2 saturated heterocycles. The zero-order valence-electron chi connectivity index (χ0n) is 17.1. The first-order chi connectivity index (χ1) is 14.1. The maximum absolute atomic E-state index is 12.5. The minimum Gasteiger partial charge on any atom is -0.497 e. The van der Waals surface area contributed by atoms with Crippen molar-refractivity contribution in [1.82, 2.24) is 14.7 Å². The first-order valence-electron chi connectivity index (χ1n) is 10.5. The van der Waals surface area contributed by atoms with Crippen LogP contribution in [0, 0.1) is 0 Å². The Hall–Kier alpha value is -2.38. The molecule has 2 fully saturated rings. The number of methoxy groups -OCH3 is 1. The van der Waals surface area contributed by atoms with E-state index < -0.39 is 0 Å². The van der Waals surface area contributed by atoms with Crippen LogP contribution in [0.3, 0.4) is 0 Å². The van der Waals surface area contributed by atoms with E-state index in [9.17, 15) is 9.59 Å². The minimum atomic E-state index is -0.341. The van der Waals surface area contributed by atoms with Crippen molar-refractivity contribution in [2.45, 2.75) is 25.8 Å². The summed E-state index contributed by atoms with van der Waals surface area (Å²) < 4.78 is 10.6. The van der Waals surface area contributed by atoms with E-state index in [-0.39, 0.29) is 11.5 Å². The fourth-order valence-corrected chi connectivity index (χ4v) is 4.25. The van der Waals surface area contributed by atoms with Gasteiger partial charge in [0, 0.05) is 63.3 Å². The van der Waals surface area contributed by atoms with Gasteiger partial charge in [-0.3, -0.25) is 14.6 Å². The van der Waals surface area contributed by atoms with E-state index in [0.717, 1.165) is 63.1 Å². The minimum absolute atomic E-state index is 0.263. The number of hydrogen-bond acceptors (Lipinski definition) is 6. The highest BCUT2D eigenvalue weighted by Gasteiger charge is 2.23. The van der Waals surface area contributed by atoms with Gasteiger partial charge in [0.15, 0.2) is 0 Å². The van der Waals surface area contributed by atoms with Crippen LogP contribution in [0.5, 0.6) is 5.75 Å². The lowest BCUT2D eigenvalue weighted by Gasteiger charge is -2.36. The number of nitrogens with zero attached hydrogens (tertiary/aromatic N) is 3. The van der Waals surface area contributed by atoms with Crippen molar-refractivity contribution in [1.29, 1.82) is 0 Å². The van der Waals surface area contributed by atoms with Gasteiger partial charge in [0.05, 0.1) is 13.7 Å². The monoisotopic (exact) mass is 399 g/mol. The third-order valence-corrected chi connectivity index (χ3v) is 5.96. The van der Waals surface area contributed by atoms with Gasteiger partial charge in [0.25, 0.3) is 0 Å². The van der Waals surface area contributed by atoms with E-state index in [0.29, 0.717) is 24.4 Å². The van der Waals surface area contributed by atoms with Crippen LogP contribution in [0.1, 0.15) is 24.8 Å². The highest BCUT2D eigenvalue weighted by Crippen LogP contribution is 2.23. The number of amides is 1. The van der Waals surface area contributed by atoms with Crippen LogP contribution in [-0.2, 0) is 11.3 Å². The summed E-state index contributed by atoms with van der Waals surface area (Å²) in [5, 5.41) is 0.938. The Morgan fingerprint density at radius 3 is 2.45 bits per heavy atom. The number of benzene rings is 1. The van der Waals surface area contributed by atoms with Crippen molar-refractivity contribution in [2.24, 2.45) is 0 Å². The molecule has 0 unspecified atom stereocenters. The van der Waals surface area contributed by atoms with Crippen molar-refractivity contribution in [2.75, 3.05) is 52.9 Å². The number of ether oxygens (including phenoxy) is 1. The summed E-state index contributed by atoms with van der Waals surface area (Å²) in [4.78, 5) is 31.1. The molecule has 2 aliphatic heterocycles. The standard InChI is InChI=1S/C22H29N3O4/c1-28-18-5-6-19-17(13-22(27)29-20(19)14-18)15-23-9-11-24(12-10-23)16-21(26)25-7-3-2-4-8-25/h5-6,13-14H,2-4,7-12,15-16H2,1H3. The Morgan fingerprint density at radius 2 is 1.72 bits per heavy atom. The van der Waals surface area contributed by atoms with Crippen LogP contribution in [0.2, 0.25) is 0 Å². The molecule has 2 aromatic rings. The summed E-state index contributed by atoms with van der Waals surface area (Å²) in [6, 6.07) is 7.17. The van der Waals surface area contributed by atoms with Crippen LogP contribution >= 0.6 is 0 Å². The van der Waals surface area contributed by atoms with Gasteiger partial charge in [0.2, 0.25) is 5.91 Å². The van der Waals surface area contributed by atoms with Gasteiger partial charge in [-0.2, -0.15) is 0 Å². The molecule has 0 spiro atoms. The number of rotatable bonds is 5. The van der Waals surface area contributed by atoms with Gasteiger partial charge in [-0.05, 0) is 37.0 Å². The van der Waals surface area contributed by atoms with Gasteiger partial charge < -0.3 is 14.1 Å². The Kier molecular flexibility index (Phi) is 6.16. The number of carbonyl (C=O) groups is 1. The van der Waals surface area contributed by atoms with E-state index in [1.54, 1.807) is 19.2 Å². The summed E-state index contributed by atoms with van der Waals surface area (Å²) in [5.41, 5.74) is 1.18. The second-order valence-corrected chi connectivity index (χ2v) is 7.95. The summed E-state index contributed by atoms with van der Waals surface area (Å²) >= 11 is 0. The first-order valence-corrected chi connectivity index (χ1v) is 10.5. The molecule has 0 bridgehead atoms. The van der Waals surface area contributed by atoms with Crippen molar-refractivity contribution in [3.05, 3.63) is 40.2 Å². The number of hydrogen-bond donors (Lipinski definition) is 0. The van der Waals surface area contributed by atoms with E-state index >= 15 is 0 Å². The van der Waals surface area contributed by atoms with Gasteiger partial charge in [0.1, 0.15) is 11.3 Å².